The quantitative estimate of drug-likeness (QED) is 0.868. The number of likely N-dealkylation sites (tertiary alicyclic amines) is 1. The Labute approximate surface area is 118 Å². The van der Waals surface area contributed by atoms with Crippen molar-refractivity contribution in [2.24, 2.45) is 0 Å². The normalized spacial score (nSPS) is 20.8. The maximum atomic E-state index is 6.05. The first-order chi connectivity index (χ1) is 8.47. The zero-order chi connectivity index (χ0) is 13.3. The molecule has 0 aromatic heterocycles. The lowest BCUT2D eigenvalue weighted by atomic mass is 10.2. The first kappa shape index (κ1) is 13.9. The number of likely N-dealkylation sites (N-methyl/N-ethyl adjacent to an activating group) is 1. The summed E-state index contributed by atoms with van der Waals surface area (Å²) in [5, 5.41) is 1.08. The Kier molecular flexibility index (Phi) is 4.38. The Balaban J connectivity index is 2.03. The van der Waals surface area contributed by atoms with Crippen LogP contribution in [0, 0.1) is 0 Å². The van der Waals surface area contributed by atoms with Crippen LogP contribution in [0.3, 0.4) is 0 Å². The van der Waals surface area contributed by atoms with Crippen LogP contribution in [0.25, 0.3) is 0 Å². The third-order valence-electron chi connectivity index (χ3n) is 3.52. The molecule has 1 saturated heterocycles. The Morgan fingerprint density at radius 1 is 1.33 bits per heavy atom. The second-order valence-electron chi connectivity index (χ2n) is 5.11. The zero-order valence-corrected chi connectivity index (χ0v) is 12.3. The van der Waals surface area contributed by atoms with Gasteiger partial charge in [0.15, 0.2) is 0 Å². The zero-order valence-electron chi connectivity index (χ0n) is 10.8. The molecule has 0 radical (unpaired) electrons. The van der Waals surface area contributed by atoms with Crippen LogP contribution in [-0.4, -0.2) is 43.0 Å². The second kappa shape index (κ2) is 5.66. The summed E-state index contributed by atoms with van der Waals surface area (Å²) in [6.07, 6.45) is 1.21. The summed E-state index contributed by atoms with van der Waals surface area (Å²) >= 11 is 12.1. The summed E-state index contributed by atoms with van der Waals surface area (Å²) < 4.78 is 0. The number of hydrogen-bond donors (Lipinski definition) is 1. The van der Waals surface area contributed by atoms with Crippen molar-refractivity contribution in [2.75, 3.05) is 32.9 Å². The number of benzene rings is 1. The van der Waals surface area contributed by atoms with E-state index in [-0.39, 0.29) is 0 Å². The van der Waals surface area contributed by atoms with Crippen molar-refractivity contribution < 1.29 is 0 Å². The summed E-state index contributed by atoms with van der Waals surface area (Å²) in [5.41, 5.74) is 7.33. The minimum Gasteiger partial charge on any atom is -0.396 e. The second-order valence-corrected chi connectivity index (χ2v) is 5.93. The SMILES string of the molecule is CN(C)C1CCN(Cc2cc(Cl)c(N)c(Cl)c2)C1. The average molecular weight is 288 g/mol. The number of nitrogens with zero attached hydrogens (tertiary/aromatic N) is 2. The van der Waals surface area contributed by atoms with Crippen molar-refractivity contribution >= 4 is 28.9 Å². The largest absolute Gasteiger partial charge is 0.396 e. The van der Waals surface area contributed by atoms with Crippen LogP contribution in [0.4, 0.5) is 5.69 Å². The van der Waals surface area contributed by atoms with Crippen molar-refractivity contribution in [1.82, 2.24) is 9.80 Å². The van der Waals surface area contributed by atoms with Gasteiger partial charge >= 0.3 is 0 Å². The van der Waals surface area contributed by atoms with Gasteiger partial charge in [0.05, 0.1) is 15.7 Å². The standard InChI is InChI=1S/C13H19Cl2N3/c1-17(2)10-3-4-18(8-10)7-9-5-11(14)13(16)12(15)6-9/h5-6,10H,3-4,7-8,16H2,1-2H3. The van der Waals surface area contributed by atoms with Gasteiger partial charge < -0.3 is 10.6 Å². The fraction of sp³-hybridized carbons (Fsp3) is 0.538. The van der Waals surface area contributed by atoms with Crippen molar-refractivity contribution in [3.63, 3.8) is 0 Å². The summed E-state index contributed by atoms with van der Waals surface area (Å²) in [6.45, 7) is 3.08. The molecule has 1 aliphatic heterocycles. The minimum atomic E-state index is 0.467. The summed E-state index contributed by atoms with van der Waals surface area (Å²) in [5.74, 6) is 0. The van der Waals surface area contributed by atoms with Crippen LogP contribution in [0.5, 0.6) is 0 Å². The predicted octanol–water partition coefficient (Wildman–Crippen LogP) is 2.71. The van der Waals surface area contributed by atoms with E-state index in [2.05, 4.69) is 23.9 Å². The van der Waals surface area contributed by atoms with Crippen LogP contribution in [0.15, 0.2) is 12.1 Å². The van der Waals surface area contributed by atoms with Gasteiger partial charge in [0.1, 0.15) is 0 Å². The van der Waals surface area contributed by atoms with Crippen LogP contribution in [-0.2, 0) is 6.54 Å². The van der Waals surface area contributed by atoms with Crippen molar-refractivity contribution in [2.45, 2.75) is 19.0 Å². The van der Waals surface area contributed by atoms with Gasteiger partial charge in [-0.15, -0.1) is 0 Å². The molecule has 1 atom stereocenters. The Bertz CT molecular complexity index is 411. The van der Waals surface area contributed by atoms with Gasteiger partial charge in [0.2, 0.25) is 0 Å². The first-order valence-electron chi connectivity index (χ1n) is 6.09. The van der Waals surface area contributed by atoms with Crippen LogP contribution < -0.4 is 5.73 Å². The number of hydrogen-bond acceptors (Lipinski definition) is 3. The molecule has 1 unspecified atom stereocenters. The summed E-state index contributed by atoms with van der Waals surface area (Å²) in [4.78, 5) is 4.70. The van der Waals surface area contributed by atoms with E-state index in [1.54, 1.807) is 0 Å². The fourth-order valence-electron chi connectivity index (χ4n) is 2.36. The van der Waals surface area contributed by atoms with Gasteiger partial charge in [-0.3, -0.25) is 4.90 Å². The third kappa shape index (κ3) is 3.09. The lowest BCUT2D eigenvalue weighted by molar-refractivity contribution is 0.264. The van der Waals surface area contributed by atoms with Crippen molar-refractivity contribution in [3.05, 3.63) is 27.7 Å². The maximum absolute atomic E-state index is 6.05. The average Bonchev–Trinajstić information content (AvgIpc) is 2.74. The van der Waals surface area contributed by atoms with E-state index in [1.807, 2.05) is 12.1 Å². The van der Waals surface area contributed by atoms with Crippen molar-refractivity contribution in [3.8, 4) is 0 Å². The molecule has 1 aromatic rings. The summed E-state index contributed by atoms with van der Waals surface area (Å²) in [7, 11) is 4.26. The molecule has 3 nitrogen and oxygen atoms in total. The van der Waals surface area contributed by atoms with Crippen LogP contribution in [0.2, 0.25) is 10.0 Å². The van der Waals surface area contributed by atoms with E-state index in [1.165, 1.54) is 6.42 Å². The minimum absolute atomic E-state index is 0.467. The van der Waals surface area contributed by atoms with E-state index in [0.717, 1.165) is 25.2 Å². The highest BCUT2D eigenvalue weighted by atomic mass is 35.5. The van der Waals surface area contributed by atoms with E-state index in [4.69, 9.17) is 28.9 Å². The third-order valence-corrected chi connectivity index (χ3v) is 4.15. The fourth-order valence-corrected chi connectivity index (χ4v) is 2.90. The smallest absolute Gasteiger partial charge is 0.0693 e. The van der Waals surface area contributed by atoms with Crippen LogP contribution in [0.1, 0.15) is 12.0 Å². The van der Waals surface area contributed by atoms with Crippen molar-refractivity contribution in [1.29, 1.82) is 0 Å². The van der Waals surface area contributed by atoms with Gasteiger partial charge in [-0.2, -0.15) is 0 Å². The number of nitrogens with two attached hydrogens (primary N) is 1. The molecule has 100 valence electrons. The number of halogens is 2. The topological polar surface area (TPSA) is 32.5 Å². The van der Waals surface area contributed by atoms with Gasteiger partial charge in [0, 0.05) is 25.7 Å². The Hall–Kier alpha value is -0.480. The van der Waals surface area contributed by atoms with Crippen LogP contribution >= 0.6 is 23.2 Å². The summed E-state index contributed by atoms with van der Waals surface area (Å²) in [6, 6.07) is 4.46. The molecule has 1 heterocycles. The molecule has 0 spiro atoms. The monoisotopic (exact) mass is 287 g/mol. The molecule has 0 aliphatic carbocycles. The van der Waals surface area contributed by atoms with Gasteiger partial charge in [-0.05, 0) is 38.2 Å². The number of anilines is 1. The highest BCUT2D eigenvalue weighted by Gasteiger charge is 2.23. The first-order valence-corrected chi connectivity index (χ1v) is 6.85. The van der Waals surface area contributed by atoms with E-state index in [9.17, 15) is 0 Å². The highest BCUT2D eigenvalue weighted by molar-refractivity contribution is 6.38. The highest BCUT2D eigenvalue weighted by Crippen LogP contribution is 2.29. The van der Waals surface area contributed by atoms with Gasteiger partial charge in [-0.1, -0.05) is 23.2 Å². The molecular weight excluding hydrogens is 269 g/mol. The Morgan fingerprint density at radius 3 is 2.44 bits per heavy atom. The molecule has 18 heavy (non-hydrogen) atoms. The molecule has 1 aromatic carbocycles. The molecule has 2 rings (SSSR count). The van der Waals surface area contributed by atoms with Gasteiger partial charge in [-0.25, -0.2) is 0 Å². The molecule has 0 bridgehead atoms. The molecule has 0 saturated carbocycles. The Morgan fingerprint density at radius 2 is 1.94 bits per heavy atom. The molecule has 2 N–H and O–H groups in total. The molecule has 1 fully saturated rings. The van der Waals surface area contributed by atoms with E-state index in [0.29, 0.717) is 21.8 Å². The lowest BCUT2D eigenvalue weighted by Crippen LogP contribution is -2.31. The lowest BCUT2D eigenvalue weighted by Gasteiger charge is -2.20. The van der Waals surface area contributed by atoms with Gasteiger partial charge in [0.25, 0.3) is 0 Å². The number of nitrogen functional groups attached to an aromatic ring is 1. The molecule has 5 heteroatoms. The number of rotatable bonds is 3. The van der Waals surface area contributed by atoms with E-state index >= 15 is 0 Å². The molecule has 0 amide bonds. The van der Waals surface area contributed by atoms with E-state index < -0.39 is 0 Å². The predicted molar refractivity (Wildman–Crippen MR) is 78.2 cm³/mol. The maximum Gasteiger partial charge on any atom is 0.0693 e. The molecular formula is C13H19Cl2N3. The molecule has 1 aliphatic rings.